The quantitative estimate of drug-likeness (QED) is 0.865. The van der Waals surface area contributed by atoms with Crippen molar-refractivity contribution in [2.75, 3.05) is 0 Å². The van der Waals surface area contributed by atoms with Crippen molar-refractivity contribution in [1.29, 1.82) is 0 Å². The average Bonchev–Trinajstić information content (AvgIpc) is 2.40. The molecule has 19 heavy (non-hydrogen) atoms. The summed E-state index contributed by atoms with van der Waals surface area (Å²) in [6.45, 7) is 4.66. The van der Waals surface area contributed by atoms with E-state index >= 15 is 0 Å². The van der Waals surface area contributed by atoms with Gasteiger partial charge in [0, 0.05) is 0 Å². The van der Waals surface area contributed by atoms with Crippen LogP contribution < -0.4 is 5.56 Å². The molecule has 5 heteroatoms. The van der Waals surface area contributed by atoms with Gasteiger partial charge in [0.2, 0.25) is 0 Å². The highest BCUT2D eigenvalue weighted by molar-refractivity contribution is 6.41. The van der Waals surface area contributed by atoms with Gasteiger partial charge < -0.3 is 0 Å². The van der Waals surface area contributed by atoms with E-state index in [1.807, 2.05) is 12.1 Å². The molecule has 0 aliphatic rings. The first-order chi connectivity index (χ1) is 8.99. The van der Waals surface area contributed by atoms with Gasteiger partial charge in [0.05, 0.1) is 17.8 Å². The minimum atomic E-state index is -0.373. The molecule has 1 aromatic heterocycles. The van der Waals surface area contributed by atoms with Crippen molar-refractivity contribution in [3.05, 3.63) is 62.0 Å². The Morgan fingerprint density at radius 1 is 1.21 bits per heavy atom. The third kappa shape index (κ3) is 3.17. The highest BCUT2D eigenvalue weighted by Crippen LogP contribution is 2.16. The van der Waals surface area contributed by atoms with Crippen LogP contribution in [0.15, 0.2) is 35.3 Å². The Balaban J connectivity index is 2.27. The summed E-state index contributed by atoms with van der Waals surface area (Å²) in [5.74, 6) is 0.486. The smallest absolute Gasteiger partial charge is 0.266 e. The largest absolute Gasteiger partial charge is 0.287 e. The summed E-state index contributed by atoms with van der Waals surface area (Å²) in [5, 5.41) is 4.17. The minimum Gasteiger partial charge on any atom is -0.266 e. The summed E-state index contributed by atoms with van der Waals surface area (Å²) < 4.78 is 1.30. The maximum absolute atomic E-state index is 11.9. The maximum atomic E-state index is 11.9. The molecule has 3 nitrogen and oxygen atoms in total. The second-order valence-electron chi connectivity index (χ2n) is 4.67. The van der Waals surface area contributed by atoms with Gasteiger partial charge in [-0.3, -0.25) is 4.79 Å². The fourth-order valence-corrected chi connectivity index (χ4v) is 2.01. The second-order valence-corrected chi connectivity index (χ2v) is 5.45. The topological polar surface area (TPSA) is 34.9 Å². The van der Waals surface area contributed by atoms with E-state index < -0.39 is 0 Å². The Hall–Kier alpha value is -1.32. The predicted molar refractivity (Wildman–Crippen MR) is 78.2 cm³/mol. The standard InChI is InChI=1S/C14H14Cl2N2O/c1-9(2)11-5-3-10(4-6-11)8-18-14(19)13(16)12(15)7-17-18/h3-7,9H,8H2,1-2H3. The van der Waals surface area contributed by atoms with Gasteiger partial charge in [0.15, 0.2) is 0 Å². The van der Waals surface area contributed by atoms with Crippen LogP contribution in [0, 0.1) is 0 Å². The molecule has 2 aromatic rings. The molecule has 1 aromatic carbocycles. The summed E-state index contributed by atoms with van der Waals surface area (Å²) in [6.07, 6.45) is 1.38. The van der Waals surface area contributed by atoms with E-state index in [-0.39, 0.29) is 15.6 Å². The molecule has 0 unspecified atom stereocenters. The summed E-state index contributed by atoms with van der Waals surface area (Å²) in [5.41, 5.74) is 1.89. The molecule has 0 amide bonds. The lowest BCUT2D eigenvalue weighted by Gasteiger charge is -2.08. The SMILES string of the molecule is CC(C)c1ccc(Cn2ncc(Cl)c(Cl)c2=O)cc1. The average molecular weight is 297 g/mol. The number of hydrogen-bond acceptors (Lipinski definition) is 2. The Morgan fingerprint density at radius 2 is 1.84 bits per heavy atom. The van der Waals surface area contributed by atoms with Crippen LogP contribution in [0.2, 0.25) is 10.0 Å². The van der Waals surface area contributed by atoms with E-state index in [9.17, 15) is 4.79 Å². The molecule has 0 aliphatic carbocycles. The molecule has 2 rings (SSSR count). The first kappa shape index (κ1) is 14.1. The van der Waals surface area contributed by atoms with E-state index in [1.165, 1.54) is 16.4 Å². The number of aromatic nitrogens is 2. The molecular formula is C14H14Cl2N2O. The highest BCUT2D eigenvalue weighted by Gasteiger charge is 2.08. The molecule has 0 spiro atoms. The zero-order chi connectivity index (χ0) is 14.0. The van der Waals surface area contributed by atoms with Crippen molar-refractivity contribution < 1.29 is 0 Å². The Labute approximate surface area is 121 Å². The van der Waals surface area contributed by atoms with Crippen LogP contribution in [0.1, 0.15) is 30.9 Å². The lowest BCUT2D eigenvalue weighted by molar-refractivity contribution is 0.639. The van der Waals surface area contributed by atoms with E-state index in [0.29, 0.717) is 12.5 Å². The fraction of sp³-hybridized carbons (Fsp3) is 0.286. The van der Waals surface area contributed by atoms with Gasteiger partial charge in [-0.2, -0.15) is 5.10 Å². The lowest BCUT2D eigenvalue weighted by atomic mass is 10.0. The molecule has 0 fully saturated rings. The van der Waals surface area contributed by atoms with Crippen LogP contribution in [0.5, 0.6) is 0 Å². The lowest BCUT2D eigenvalue weighted by Crippen LogP contribution is -2.23. The van der Waals surface area contributed by atoms with Crippen molar-refractivity contribution in [2.24, 2.45) is 0 Å². The van der Waals surface area contributed by atoms with Crippen LogP contribution >= 0.6 is 23.2 Å². The van der Waals surface area contributed by atoms with Gasteiger partial charge in [0.1, 0.15) is 5.02 Å². The van der Waals surface area contributed by atoms with Crippen LogP contribution in [0.3, 0.4) is 0 Å². The molecule has 0 bridgehead atoms. The van der Waals surface area contributed by atoms with E-state index in [0.717, 1.165) is 5.56 Å². The number of hydrogen-bond donors (Lipinski definition) is 0. The second kappa shape index (κ2) is 5.76. The third-order valence-electron chi connectivity index (χ3n) is 2.92. The first-order valence-electron chi connectivity index (χ1n) is 5.99. The highest BCUT2D eigenvalue weighted by atomic mass is 35.5. The summed E-state index contributed by atoms with van der Waals surface area (Å²) in [4.78, 5) is 11.9. The molecule has 0 radical (unpaired) electrons. The zero-order valence-corrected chi connectivity index (χ0v) is 12.2. The number of rotatable bonds is 3. The normalized spacial score (nSPS) is 11.0. The van der Waals surface area contributed by atoms with Gasteiger partial charge in [-0.1, -0.05) is 61.3 Å². The van der Waals surface area contributed by atoms with Crippen LogP contribution in [0.4, 0.5) is 0 Å². The van der Waals surface area contributed by atoms with Crippen molar-refractivity contribution in [3.63, 3.8) is 0 Å². The van der Waals surface area contributed by atoms with Crippen LogP contribution in [-0.4, -0.2) is 9.78 Å². The summed E-state index contributed by atoms with van der Waals surface area (Å²) in [7, 11) is 0. The van der Waals surface area contributed by atoms with Crippen LogP contribution in [-0.2, 0) is 6.54 Å². The zero-order valence-electron chi connectivity index (χ0n) is 10.7. The van der Waals surface area contributed by atoms with Gasteiger partial charge in [-0.25, -0.2) is 4.68 Å². The van der Waals surface area contributed by atoms with E-state index in [2.05, 4.69) is 31.1 Å². The van der Waals surface area contributed by atoms with Gasteiger partial charge in [-0.05, 0) is 17.0 Å². The predicted octanol–water partition coefficient (Wildman–Crippen LogP) is 3.72. The Morgan fingerprint density at radius 3 is 2.42 bits per heavy atom. The van der Waals surface area contributed by atoms with Crippen molar-refractivity contribution in [2.45, 2.75) is 26.3 Å². The van der Waals surface area contributed by atoms with Crippen LogP contribution in [0.25, 0.3) is 0 Å². The fourth-order valence-electron chi connectivity index (χ4n) is 1.74. The molecule has 0 saturated carbocycles. The molecule has 0 atom stereocenters. The maximum Gasteiger partial charge on any atom is 0.287 e. The third-order valence-corrected chi connectivity index (χ3v) is 3.67. The molecule has 0 aliphatic heterocycles. The van der Waals surface area contributed by atoms with Gasteiger partial charge in [-0.15, -0.1) is 0 Å². The number of nitrogens with zero attached hydrogens (tertiary/aromatic N) is 2. The molecular weight excluding hydrogens is 283 g/mol. The Bertz CT molecular complexity index is 633. The molecule has 100 valence electrons. The van der Waals surface area contributed by atoms with Gasteiger partial charge >= 0.3 is 0 Å². The van der Waals surface area contributed by atoms with E-state index in [1.54, 1.807) is 0 Å². The van der Waals surface area contributed by atoms with Gasteiger partial charge in [0.25, 0.3) is 5.56 Å². The monoisotopic (exact) mass is 296 g/mol. The minimum absolute atomic E-state index is 0.00969. The first-order valence-corrected chi connectivity index (χ1v) is 6.74. The van der Waals surface area contributed by atoms with Crippen molar-refractivity contribution in [1.82, 2.24) is 9.78 Å². The van der Waals surface area contributed by atoms with Crippen molar-refractivity contribution >= 4 is 23.2 Å². The summed E-state index contributed by atoms with van der Waals surface area (Å²) in [6, 6.07) is 8.10. The molecule has 0 N–H and O–H groups in total. The number of halogens is 2. The number of benzene rings is 1. The Kier molecular flexibility index (Phi) is 4.27. The van der Waals surface area contributed by atoms with Crippen molar-refractivity contribution in [3.8, 4) is 0 Å². The summed E-state index contributed by atoms with van der Waals surface area (Å²) >= 11 is 11.5. The van der Waals surface area contributed by atoms with E-state index in [4.69, 9.17) is 23.2 Å². The molecule has 1 heterocycles. The molecule has 0 saturated heterocycles.